The fourth-order valence-corrected chi connectivity index (χ4v) is 7.02. The molecule has 0 radical (unpaired) electrons. The van der Waals surface area contributed by atoms with E-state index in [2.05, 4.69) is 0 Å². The summed E-state index contributed by atoms with van der Waals surface area (Å²) < 4.78 is 24.9. The van der Waals surface area contributed by atoms with Crippen LogP contribution in [0.15, 0.2) is 36.4 Å². The van der Waals surface area contributed by atoms with E-state index >= 15 is 0 Å². The molecule has 0 saturated carbocycles. The third-order valence-corrected chi connectivity index (χ3v) is 7.76. The zero-order chi connectivity index (χ0) is 16.5. The Balaban J connectivity index is 1.66. The van der Waals surface area contributed by atoms with Gasteiger partial charge >= 0.3 is 0 Å². The highest BCUT2D eigenvalue weighted by Gasteiger charge is 2.50. The van der Waals surface area contributed by atoms with Gasteiger partial charge in [0.2, 0.25) is 5.91 Å². The normalized spacial score (nSPS) is 25.7. The average molecular weight is 358 g/mol. The highest BCUT2D eigenvalue weighted by atomic mass is 32.2. The van der Waals surface area contributed by atoms with Crippen molar-refractivity contribution in [2.45, 2.75) is 12.5 Å². The van der Waals surface area contributed by atoms with Crippen molar-refractivity contribution in [3.05, 3.63) is 36.4 Å². The highest BCUT2D eigenvalue weighted by Crippen LogP contribution is 2.41. The van der Waals surface area contributed by atoms with Crippen LogP contribution in [-0.2, 0) is 14.6 Å². The van der Waals surface area contributed by atoms with Crippen LogP contribution in [0.25, 0.3) is 21.0 Å². The van der Waals surface area contributed by atoms with Gasteiger partial charge in [-0.25, -0.2) is 13.4 Å². The van der Waals surface area contributed by atoms with E-state index in [9.17, 15) is 13.2 Å². The Hall–Kier alpha value is -1.99. The molecule has 1 aromatic heterocycles. The molecule has 5 rings (SSSR count). The van der Waals surface area contributed by atoms with E-state index in [4.69, 9.17) is 4.98 Å². The van der Waals surface area contributed by atoms with Gasteiger partial charge in [-0.1, -0.05) is 41.7 Å². The predicted molar refractivity (Wildman–Crippen MR) is 95.2 cm³/mol. The first-order valence-corrected chi connectivity index (χ1v) is 10.5. The van der Waals surface area contributed by atoms with Crippen molar-refractivity contribution in [1.82, 2.24) is 4.98 Å². The van der Waals surface area contributed by atoms with Crippen LogP contribution >= 0.6 is 11.3 Å². The van der Waals surface area contributed by atoms with E-state index in [1.807, 2.05) is 36.4 Å². The molecule has 5 nitrogen and oxygen atoms in total. The highest BCUT2D eigenvalue weighted by molar-refractivity contribution is 7.91. The predicted octanol–water partition coefficient (Wildman–Crippen LogP) is 2.60. The maximum Gasteiger partial charge on any atom is 0.229 e. The van der Waals surface area contributed by atoms with Gasteiger partial charge in [0, 0.05) is 17.7 Å². The van der Waals surface area contributed by atoms with E-state index in [1.54, 1.807) is 4.90 Å². The Bertz CT molecular complexity index is 1100. The first-order chi connectivity index (χ1) is 11.5. The number of carbonyl (C=O) groups excluding carboxylic acids is 1. The van der Waals surface area contributed by atoms with Gasteiger partial charge in [-0.05, 0) is 11.5 Å². The maximum atomic E-state index is 12.4. The van der Waals surface area contributed by atoms with E-state index in [-0.39, 0.29) is 29.4 Å². The van der Waals surface area contributed by atoms with Crippen LogP contribution in [0.5, 0.6) is 0 Å². The van der Waals surface area contributed by atoms with E-state index in [1.165, 1.54) is 11.3 Å². The summed E-state index contributed by atoms with van der Waals surface area (Å²) >= 11 is 1.46. The Morgan fingerprint density at radius 2 is 1.96 bits per heavy atom. The number of nitrogens with zero attached hydrogens (tertiary/aromatic N) is 2. The lowest BCUT2D eigenvalue weighted by Crippen LogP contribution is -2.36. The topological polar surface area (TPSA) is 67.3 Å². The Morgan fingerprint density at radius 1 is 1.12 bits per heavy atom. The minimum atomic E-state index is -3.05. The molecule has 2 saturated heterocycles. The first-order valence-electron chi connectivity index (χ1n) is 7.83. The van der Waals surface area contributed by atoms with Crippen molar-refractivity contribution in [1.29, 1.82) is 0 Å². The molecule has 2 aliphatic rings. The fourth-order valence-electron chi connectivity index (χ4n) is 3.89. The molecule has 0 spiro atoms. The van der Waals surface area contributed by atoms with Crippen molar-refractivity contribution in [2.24, 2.45) is 5.92 Å². The second-order valence-electron chi connectivity index (χ2n) is 6.50. The standard InChI is InChI=1S/C17H14N2O3S2/c20-15-7-11-8-24(21,22)9-13(11)19(15)17-18-16-12-4-2-1-3-10(12)5-6-14(16)23-17/h1-6,11,13H,7-9H2/t11-,13+/m0/s1. The average Bonchev–Trinajstić information content (AvgIpc) is 3.16. The van der Waals surface area contributed by atoms with Crippen LogP contribution < -0.4 is 4.90 Å². The minimum absolute atomic E-state index is 0.0109. The molecule has 7 heteroatoms. The number of carbonyl (C=O) groups is 1. The molecule has 3 aromatic rings. The summed E-state index contributed by atoms with van der Waals surface area (Å²) in [5, 5.41) is 2.78. The molecular weight excluding hydrogens is 344 g/mol. The quantitative estimate of drug-likeness (QED) is 0.671. The van der Waals surface area contributed by atoms with Crippen molar-refractivity contribution >= 4 is 53.2 Å². The summed E-state index contributed by atoms with van der Waals surface area (Å²) in [7, 11) is -3.05. The summed E-state index contributed by atoms with van der Waals surface area (Å²) in [6.45, 7) is 0. The Kier molecular flexibility index (Phi) is 2.85. The second kappa shape index (κ2) is 4.77. The van der Waals surface area contributed by atoms with Crippen molar-refractivity contribution < 1.29 is 13.2 Å². The SMILES string of the molecule is O=C1C[C@H]2CS(=O)(=O)C[C@H]2N1c1nc2c(ccc3ccccc32)s1. The molecular formula is C17H14N2O3S2. The molecule has 0 aliphatic carbocycles. The van der Waals surface area contributed by atoms with Gasteiger partial charge in [0.15, 0.2) is 15.0 Å². The number of fused-ring (bicyclic) bond motifs is 4. The fraction of sp³-hybridized carbons (Fsp3) is 0.294. The summed E-state index contributed by atoms with van der Waals surface area (Å²) in [6, 6.07) is 11.8. The largest absolute Gasteiger partial charge is 0.284 e. The van der Waals surface area contributed by atoms with Crippen LogP contribution in [0.4, 0.5) is 5.13 Å². The van der Waals surface area contributed by atoms with Crippen molar-refractivity contribution in [3.8, 4) is 0 Å². The number of hydrogen-bond donors (Lipinski definition) is 0. The third-order valence-electron chi connectivity index (χ3n) is 4.95. The molecule has 0 bridgehead atoms. The molecule has 2 aromatic carbocycles. The summed E-state index contributed by atoms with van der Waals surface area (Å²) in [5.74, 6) is 0.0721. The van der Waals surface area contributed by atoms with Gasteiger partial charge in [-0.15, -0.1) is 0 Å². The van der Waals surface area contributed by atoms with Crippen LogP contribution in [0.3, 0.4) is 0 Å². The number of amides is 1. The number of aromatic nitrogens is 1. The summed E-state index contributed by atoms with van der Waals surface area (Å²) in [5.41, 5.74) is 0.880. The number of thiazole rings is 1. The second-order valence-corrected chi connectivity index (χ2v) is 9.66. The summed E-state index contributed by atoms with van der Waals surface area (Å²) in [6.07, 6.45) is 0.306. The molecule has 0 unspecified atom stereocenters. The minimum Gasteiger partial charge on any atom is -0.284 e. The van der Waals surface area contributed by atoms with Gasteiger partial charge in [0.05, 0.1) is 27.8 Å². The van der Waals surface area contributed by atoms with Crippen molar-refractivity contribution in [3.63, 3.8) is 0 Å². The number of anilines is 1. The number of sulfone groups is 1. The number of hydrogen-bond acceptors (Lipinski definition) is 5. The summed E-state index contributed by atoms with van der Waals surface area (Å²) in [4.78, 5) is 18.8. The zero-order valence-electron chi connectivity index (χ0n) is 12.7. The molecule has 122 valence electrons. The molecule has 2 fully saturated rings. The molecule has 1 amide bonds. The molecule has 3 heterocycles. The lowest BCUT2D eigenvalue weighted by atomic mass is 10.1. The lowest BCUT2D eigenvalue weighted by molar-refractivity contribution is -0.117. The van der Waals surface area contributed by atoms with Crippen LogP contribution in [0, 0.1) is 5.92 Å². The smallest absolute Gasteiger partial charge is 0.229 e. The maximum absolute atomic E-state index is 12.4. The van der Waals surface area contributed by atoms with Gasteiger partial charge < -0.3 is 0 Å². The molecule has 24 heavy (non-hydrogen) atoms. The zero-order valence-corrected chi connectivity index (χ0v) is 14.3. The van der Waals surface area contributed by atoms with Crippen LogP contribution in [-0.4, -0.2) is 36.9 Å². The molecule has 2 aliphatic heterocycles. The number of rotatable bonds is 1. The van der Waals surface area contributed by atoms with Gasteiger partial charge in [-0.2, -0.15) is 0 Å². The third kappa shape index (κ3) is 2.01. The van der Waals surface area contributed by atoms with Crippen LogP contribution in [0.1, 0.15) is 6.42 Å². The Morgan fingerprint density at radius 3 is 2.83 bits per heavy atom. The van der Waals surface area contributed by atoms with E-state index in [0.717, 1.165) is 21.0 Å². The monoisotopic (exact) mass is 358 g/mol. The van der Waals surface area contributed by atoms with Crippen molar-refractivity contribution in [2.75, 3.05) is 16.4 Å². The molecule has 2 atom stereocenters. The number of benzene rings is 2. The van der Waals surface area contributed by atoms with Crippen LogP contribution in [0.2, 0.25) is 0 Å². The van der Waals surface area contributed by atoms with Gasteiger partial charge in [0.25, 0.3) is 0 Å². The van der Waals surface area contributed by atoms with Gasteiger partial charge in [-0.3, -0.25) is 9.69 Å². The van der Waals surface area contributed by atoms with E-state index < -0.39 is 9.84 Å². The van der Waals surface area contributed by atoms with E-state index in [0.29, 0.717) is 11.6 Å². The first kappa shape index (κ1) is 14.4. The molecule has 0 N–H and O–H groups in total. The lowest BCUT2D eigenvalue weighted by Gasteiger charge is -2.19. The Labute approximate surface area is 142 Å². The van der Waals surface area contributed by atoms with Gasteiger partial charge in [0.1, 0.15) is 0 Å².